The monoisotopic (exact) mass is 376 g/mol. The third-order valence-corrected chi connectivity index (χ3v) is 6.56. The van der Waals surface area contributed by atoms with E-state index < -0.39 is 0 Å². The van der Waals surface area contributed by atoms with E-state index in [2.05, 4.69) is 41.0 Å². The molecule has 1 amide bonds. The first kappa shape index (κ1) is 19.2. The minimum absolute atomic E-state index is 0.205. The molecular weight excluding hydrogens is 344 g/mol. The van der Waals surface area contributed by atoms with Crippen molar-refractivity contribution in [2.45, 2.75) is 44.6 Å². The van der Waals surface area contributed by atoms with Crippen LogP contribution in [-0.2, 0) is 4.79 Å². The van der Waals surface area contributed by atoms with Gasteiger partial charge in [0, 0.05) is 32.2 Å². The topological polar surface area (TPSA) is 23.6 Å². The van der Waals surface area contributed by atoms with E-state index in [9.17, 15) is 4.79 Å². The first-order valence-electron chi connectivity index (χ1n) is 10.8. The zero-order valence-electron chi connectivity index (χ0n) is 17.0. The second-order valence-corrected chi connectivity index (χ2v) is 8.54. The molecule has 0 spiro atoms. The molecule has 4 rings (SSSR count). The Morgan fingerprint density at radius 2 is 1.43 bits per heavy atom. The maximum absolute atomic E-state index is 13.5. The normalized spacial score (nSPS) is 23.7. The van der Waals surface area contributed by atoms with Crippen LogP contribution in [0.25, 0.3) is 0 Å². The molecule has 3 nitrogen and oxygen atoms in total. The van der Waals surface area contributed by atoms with Crippen LogP contribution in [0.5, 0.6) is 0 Å². The van der Waals surface area contributed by atoms with Crippen molar-refractivity contribution in [3.8, 4) is 0 Å². The van der Waals surface area contributed by atoms with Gasteiger partial charge in [-0.05, 0) is 29.9 Å². The van der Waals surface area contributed by atoms with Crippen LogP contribution in [0.4, 0.5) is 0 Å². The Balaban J connectivity index is 1.46. The summed E-state index contributed by atoms with van der Waals surface area (Å²) in [6.45, 7) is 6.11. The van der Waals surface area contributed by atoms with Gasteiger partial charge in [-0.3, -0.25) is 9.69 Å². The number of rotatable bonds is 4. The molecule has 1 aliphatic heterocycles. The Morgan fingerprint density at radius 1 is 0.857 bits per heavy atom. The van der Waals surface area contributed by atoms with Gasteiger partial charge in [-0.1, -0.05) is 80.4 Å². The highest BCUT2D eigenvalue weighted by atomic mass is 16.2. The summed E-state index contributed by atoms with van der Waals surface area (Å²) in [6, 6.07) is 21.2. The highest BCUT2D eigenvalue weighted by Gasteiger charge is 2.32. The van der Waals surface area contributed by atoms with Crippen LogP contribution >= 0.6 is 0 Å². The number of benzene rings is 2. The molecule has 2 aromatic carbocycles. The lowest BCUT2D eigenvalue weighted by Crippen LogP contribution is -2.53. The molecule has 2 aliphatic rings. The van der Waals surface area contributed by atoms with Gasteiger partial charge in [-0.2, -0.15) is 0 Å². The van der Waals surface area contributed by atoms with Gasteiger partial charge in [0.05, 0.1) is 5.92 Å². The number of carbonyl (C=O) groups is 1. The van der Waals surface area contributed by atoms with E-state index in [1.54, 1.807) is 0 Å². The minimum Gasteiger partial charge on any atom is -0.339 e. The van der Waals surface area contributed by atoms with Crippen molar-refractivity contribution in [2.75, 3.05) is 26.2 Å². The molecule has 1 saturated heterocycles. The fraction of sp³-hybridized carbons (Fsp3) is 0.480. The van der Waals surface area contributed by atoms with Crippen molar-refractivity contribution < 1.29 is 4.79 Å². The van der Waals surface area contributed by atoms with Crippen molar-refractivity contribution in [1.82, 2.24) is 9.80 Å². The Morgan fingerprint density at radius 3 is 1.96 bits per heavy atom. The summed E-state index contributed by atoms with van der Waals surface area (Å²) in [7, 11) is 0. The molecule has 1 heterocycles. The predicted molar refractivity (Wildman–Crippen MR) is 114 cm³/mol. The van der Waals surface area contributed by atoms with Crippen LogP contribution < -0.4 is 0 Å². The molecule has 0 unspecified atom stereocenters. The molecular formula is C25H32N2O. The lowest BCUT2D eigenvalue weighted by atomic mass is 9.86. The molecule has 2 aromatic rings. The second kappa shape index (κ2) is 8.91. The first-order chi connectivity index (χ1) is 13.7. The molecule has 0 radical (unpaired) electrons. The summed E-state index contributed by atoms with van der Waals surface area (Å²) in [5.74, 6) is 0.886. The molecule has 0 aromatic heterocycles. The molecule has 2 fully saturated rings. The number of hydrogen-bond donors (Lipinski definition) is 0. The molecule has 3 heteroatoms. The Hall–Kier alpha value is -2.13. The fourth-order valence-electron chi connectivity index (χ4n) is 4.99. The van der Waals surface area contributed by atoms with Crippen molar-refractivity contribution in [1.29, 1.82) is 0 Å². The summed E-state index contributed by atoms with van der Waals surface area (Å²) in [5.41, 5.74) is 2.17. The van der Waals surface area contributed by atoms with Crippen LogP contribution in [0, 0.1) is 5.92 Å². The molecule has 1 saturated carbocycles. The van der Waals surface area contributed by atoms with Gasteiger partial charge in [0.15, 0.2) is 0 Å². The van der Waals surface area contributed by atoms with E-state index in [4.69, 9.17) is 0 Å². The average molecular weight is 377 g/mol. The number of hydrogen-bond acceptors (Lipinski definition) is 2. The lowest BCUT2D eigenvalue weighted by molar-refractivity contribution is -0.134. The average Bonchev–Trinajstić information content (AvgIpc) is 2.75. The first-order valence-corrected chi connectivity index (χ1v) is 10.8. The molecule has 0 N–H and O–H groups in total. The van der Waals surface area contributed by atoms with Crippen molar-refractivity contribution >= 4 is 5.91 Å². The Bertz CT molecular complexity index is 713. The highest BCUT2D eigenvalue weighted by Crippen LogP contribution is 2.30. The number of piperazine rings is 1. The zero-order valence-corrected chi connectivity index (χ0v) is 17.0. The molecule has 148 valence electrons. The fourth-order valence-corrected chi connectivity index (χ4v) is 4.99. The van der Waals surface area contributed by atoms with Gasteiger partial charge < -0.3 is 4.90 Å². The van der Waals surface area contributed by atoms with E-state index in [1.165, 1.54) is 25.7 Å². The summed E-state index contributed by atoms with van der Waals surface area (Å²) >= 11 is 0. The second-order valence-electron chi connectivity index (χ2n) is 8.54. The van der Waals surface area contributed by atoms with Gasteiger partial charge in [0.25, 0.3) is 0 Å². The van der Waals surface area contributed by atoms with Crippen LogP contribution in [-0.4, -0.2) is 47.9 Å². The van der Waals surface area contributed by atoms with E-state index in [0.29, 0.717) is 0 Å². The van der Waals surface area contributed by atoms with E-state index in [0.717, 1.165) is 49.3 Å². The highest BCUT2D eigenvalue weighted by molar-refractivity contribution is 5.87. The summed E-state index contributed by atoms with van der Waals surface area (Å²) in [4.78, 5) is 18.3. The summed E-state index contributed by atoms with van der Waals surface area (Å²) in [5, 5.41) is 0. The Labute approximate surface area is 169 Å². The number of nitrogens with zero attached hydrogens (tertiary/aromatic N) is 2. The van der Waals surface area contributed by atoms with E-state index in [1.807, 2.05) is 36.4 Å². The third kappa shape index (κ3) is 4.30. The number of carbonyl (C=O) groups excluding carboxylic acids is 1. The van der Waals surface area contributed by atoms with E-state index >= 15 is 0 Å². The smallest absolute Gasteiger partial charge is 0.234 e. The van der Waals surface area contributed by atoms with Crippen LogP contribution in [0.2, 0.25) is 0 Å². The zero-order chi connectivity index (χ0) is 19.3. The van der Waals surface area contributed by atoms with Crippen molar-refractivity contribution in [3.63, 3.8) is 0 Å². The molecule has 1 aliphatic carbocycles. The quantitative estimate of drug-likeness (QED) is 0.782. The Kier molecular flexibility index (Phi) is 6.11. The van der Waals surface area contributed by atoms with Crippen molar-refractivity contribution in [3.05, 3.63) is 71.8 Å². The van der Waals surface area contributed by atoms with Crippen molar-refractivity contribution in [2.24, 2.45) is 5.92 Å². The number of amides is 1. The third-order valence-electron chi connectivity index (χ3n) is 6.56. The maximum Gasteiger partial charge on any atom is 0.234 e. The SMILES string of the molecule is C[C@@H]1CCC[C@@H](N2CCN(C(=O)C(c3ccccc3)c3ccccc3)CC2)C1. The van der Waals surface area contributed by atoms with Gasteiger partial charge >= 0.3 is 0 Å². The molecule has 0 bridgehead atoms. The summed E-state index contributed by atoms with van der Waals surface area (Å²) in [6.07, 6.45) is 5.39. The summed E-state index contributed by atoms with van der Waals surface area (Å²) < 4.78 is 0. The van der Waals surface area contributed by atoms with E-state index in [-0.39, 0.29) is 11.8 Å². The van der Waals surface area contributed by atoms with Gasteiger partial charge in [-0.25, -0.2) is 0 Å². The van der Waals surface area contributed by atoms with Gasteiger partial charge in [-0.15, -0.1) is 0 Å². The maximum atomic E-state index is 13.5. The standard InChI is InChI=1S/C25H32N2O/c1-20-9-8-14-23(19-20)26-15-17-27(18-16-26)25(28)24(21-10-4-2-5-11-21)22-12-6-3-7-13-22/h2-7,10-13,20,23-24H,8-9,14-19H2,1H3/t20-,23-/m1/s1. The largest absolute Gasteiger partial charge is 0.339 e. The van der Waals surface area contributed by atoms with Crippen LogP contribution in [0.3, 0.4) is 0 Å². The van der Waals surface area contributed by atoms with Crippen LogP contribution in [0.15, 0.2) is 60.7 Å². The van der Waals surface area contributed by atoms with Gasteiger partial charge in [0.1, 0.15) is 0 Å². The predicted octanol–water partition coefficient (Wildman–Crippen LogP) is 4.54. The van der Waals surface area contributed by atoms with Crippen LogP contribution in [0.1, 0.15) is 49.7 Å². The molecule has 28 heavy (non-hydrogen) atoms. The van der Waals surface area contributed by atoms with Gasteiger partial charge in [0.2, 0.25) is 5.91 Å². The molecule has 2 atom stereocenters. The lowest BCUT2D eigenvalue weighted by Gasteiger charge is -2.42. The minimum atomic E-state index is -0.205.